The topological polar surface area (TPSA) is 172 Å². The number of Topliss-reactive ketones (excluding diaryl/α,β-unsaturated/α-hetero) is 1. The molecule has 3 atom stereocenters. The minimum atomic E-state index is -1.22. The first-order valence-corrected chi connectivity index (χ1v) is 14.2. The predicted molar refractivity (Wildman–Crippen MR) is 154 cm³/mol. The number of rotatable bonds is 15. The number of anilines is 1. The molecular formula is C30H39N5O7. The Morgan fingerprint density at radius 2 is 1.76 bits per heavy atom. The van der Waals surface area contributed by atoms with E-state index in [9.17, 15) is 28.8 Å². The largest absolute Gasteiger partial charge is 0.445 e. The number of carbonyl (C=O) groups excluding carboxylic acids is 6. The fourth-order valence-corrected chi connectivity index (χ4v) is 4.43. The average Bonchev–Trinajstić information content (AvgIpc) is 3.68. The third kappa shape index (κ3) is 10.5. The highest BCUT2D eigenvalue weighted by Crippen LogP contribution is 2.20. The number of amides is 5. The zero-order valence-corrected chi connectivity index (χ0v) is 24.0. The second kappa shape index (κ2) is 15.6. The first kappa shape index (κ1) is 32.1. The van der Waals surface area contributed by atoms with Crippen LogP contribution in [0.3, 0.4) is 0 Å². The minimum Gasteiger partial charge on any atom is -0.445 e. The van der Waals surface area contributed by atoms with E-state index in [0.29, 0.717) is 30.6 Å². The van der Waals surface area contributed by atoms with Crippen molar-refractivity contribution >= 4 is 41.2 Å². The van der Waals surface area contributed by atoms with Gasteiger partial charge in [-0.05, 0) is 55.7 Å². The summed E-state index contributed by atoms with van der Waals surface area (Å²) in [5.41, 5.74) is 1.22. The van der Waals surface area contributed by atoms with Crippen molar-refractivity contribution in [3.63, 3.8) is 0 Å². The van der Waals surface area contributed by atoms with Gasteiger partial charge in [-0.1, -0.05) is 26.0 Å². The van der Waals surface area contributed by atoms with Crippen LogP contribution in [-0.2, 0) is 35.3 Å². The predicted octanol–water partition coefficient (Wildman–Crippen LogP) is 1.54. The lowest BCUT2D eigenvalue weighted by atomic mass is 9.94. The number of nitrogens with one attached hydrogen (secondary N) is 5. The van der Waals surface area contributed by atoms with Crippen LogP contribution in [0.25, 0.3) is 0 Å². The first-order valence-electron chi connectivity index (χ1n) is 14.2. The van der Waals surface area contributed by atoms with Crippen LogP contribution in [0.15, 0.2) is 24.3 Å². The van der Waals surface area contributed by atoms with Gasteiger partial charge in [-0.25, -0.2) is 4.79 Å². The highest BCUT2D eigenvalue weighted by Gasteiger charge is 2.37. The van der Waals surface area contributed by atoms with E-state index in [4.69, 9.17) is 11.2 Å². The number of carbonyl (C=O) groups is 6. The molecule has 0 bridgehead atoms. The zero-order chi connectivity index (χ0) is 30.6. The summed E-state index contributed by atoms with van der Waals surface area (Å²) < 4.78 is 5.30. The number of hydrogen-bond acceptors (Lipinski definition) is 7. The van der Waals surface area contributed by atoms with E-state index in [2.05, 4.69) is 32.5 Å². The van der Waals surface area contributed by atoms with E-state index < -0.39 is 41.7 Å². The van der Waals surface area contributed by atoms with E-state index in [-0.39, 0.29) is 49.6 Å². The Labute approximate surface area is 245 Å². The number of alkyl carbamates (subject to hydrolysis) is 1. The number of ether oxygens (including phenoxy) is 1. The van der Waals surface area contributed by atoms with Gasteiger partial charge in [0.05, 0.1) is 6.04 Å². The molecule has 12 heteroatoms. The number of terminal acetylenes is 1. The average molecular weight is 582 g/mol. The molecule has 1 aliphatic carbocycles. The van der Waals surface area contributed by atoms with Crippen molar-refractivity contribution in [2.75, 3.05) is 11.9 Å². The van der Waals surface area contributed by atoms with Gasteiger partial charge < -0.3 is 31.3 Å². The second-order valence-electron chi connectivity index (χ2n) is 11.0. The highest BCUT2D eigenvalue weighted by atomic mass is 16.5. The van der Waals surface area contributed by atoms with Crippen molar-refractivity contribution in [1.29, 1.82) is 0 Å². The maximum atomic E-state index is 13.3. The molecule has 1 aromatic carbocycles. The molecule has 1 aromatic rings. The molecule has 1 heterocycles. The molecule has 2 fully saturated rings. The third-order valence-corrected chi connectivity index (χ3v) is 6.87. The quantitative estimate of drug-likeness (QED) is 0.154. The molecule has 3 rings (SSSR count). The van der Waals surface area contributed by atoms with E-state index in [1.54, 1.807) is 24.3 Å². The Morgan fingerprint density at radius 1 is 1.05 bits per heavy atom. The lowest BCUT2D eigenvalue weighted by Crippen LogP contribution is -2.55. The van der Waals surface area contributed by atoms with Crippen LogP contribution in [0.5, 0.6) is 0 Å². The van der Waals surface area contributed by atoms with Gasteiger partial charge in [0.1, 0.15) is 12.6 Å². The van der Waals surface area contributed by atoms with Gasteiger partial charge in [0.2, 0.25) is 23.5 Å². The summed E-state index contributed by atoms with van der Waals surface area (Å²) in [6.07, 6.45) is 7.18. The van der Waals surface area contributed by atoms with Crippen molar-refractivity contribution in [2.24, 2.45) is 11.8 Å². The summed E-state index contributed by atoms with van der Waals surface area (Å²) in [5.74, 6) is -0.820. The molecular weight excluding hydrogens is 542 g/mol. The molecule has 0 spiro atoms. The molecule has 1 saturated heterocycles. The Balaban J connectivity index is 1.58. The van der Waals surface area contributed by atoms with Gasteiger partial charge >= 0.3 is 6.09 Å². The summed E-state index contributed by atoms with van der Waals surface area (Å²) in [7, 11) is 0. The molecule has 5 amide bonds. The molecule has 12 nitrogen and oxygen atoms in total. The molecule has 0 radical (unpaired) electrons. The van der Waals surface area contributed by atoms with Crippen molar-refractivity contribution in [2.45, 2.75) is 83.5 Å². The lowest BCUT2D eigenvalue weighted by Gasteiger charge is -2.24. The van der Waals surface area contributed by atoms with Crippen LogP contribution < -0.4 is 26.6 Å². The Bertz CT molecular complexity index is 1200. The van der Waals surface area contributed by atoms with E-state index >= 15 is 0 Å². The summed E-state index contributed by atoms with van der Waals surface area (Å²) in [4.78, 5) is 75.4. The Hall–Kier alpha value is -4.40. The number of benzene rings is 1. The van der Waals surface area contributed by atoms with Crippen molar-refractivity contribution < 1.29 is 33.5 Å². The monoisotopic (exact) mass is 581 g/mol. The molecule has 1 aliphatic heterocycles. The minimum absolute atomic E-state index is 0.00244. The van der Waals surface area contributed by atoms with Crippen molar-refractivity contribution in [3.8, 4) is 12.3 Å². The molecule has 2 aliphatic rings. The van der Waals surface area contributed by atoms with Crippen molar-refractivity contribution in [3.05, 3.63) is 29.8 Å². The van der Waals surface area contributed by atoms with E-state index in [1.807, 2.05) is 13.8 Å². The van der Waals surface area contributed by atoms with Crippen LogP contribution >= 0.6 is 0 Å². The van der Waals surface area contributed by atoms with Crippen LogP contribution in [0, 0.1) is 24.2 Å². The normalized spacial score (nSPS) is 17.3. The maximum absolute atomic E-state index is 13.3. The van der Waals surface area contributed by atoms with Crippen LogP contribution in [-0.4, -0.2) is 60.2 Å². The van der Waals surface area contributed by atoms with Gasteiger partial charge in [0, 0.05) is 37.0 Å². The molecule has 226 valence electrons. The fraction of sp³-hybridized carbons (Fsp3) is 0.533. The van der Waals surface area contributed by atoms with Crippen LogP contribution in [0.2, 0.25) is 0 Å². The van der Waals surface area contributed by atoms with E-state index in [1.165, 1.54) is 0 Å². The summed E-state index contributed by atoms with van der Waals surface area (Å²) >= 11 is 0. The second-order valence-corrected chi connectivity index (χ2v) is 11.0. The lowest BCUT2D eigenvalue weighted by molar-refractivity contribution is -0.141. The zero-order valence-electron chi connectivity index (χ0n) is 24.0. The molecule has 42 heavy (non-hydrogen) atoms. The van der Waals surface area contributed by atoms with E-state index in [0.717, 1.165) is 12.8 Å². The molecule has 0 aromatic heterocycles. The van der Waals surface area contributed by atoms with Gasteiger partial charge in [-0.15, -0.1) is 12.3 Å². The fourth-order valence-electron chi connectivity index (χ4n) is 4.43. The number of ketones is 1. The number of hydrogen-bond donors (Lipinski definition) is 5. The maximum Gasteiger partial charge on any atom is 0.408 e. The van der Waals surface area contributed by atoms with Crippen LogP contribution in [0.4, 0.5) is 10.5 Å². The molecule has 5 N–H and O–H groups in total. The Morgan fingerprint density at radius 3 is 2.36 bits per heavy atom. The standard InChI is InChI=1S/C30H39N5O7/c1-4-5-6-25(36)32-21-9-7-19(8-10-21)17-42-30(41)35-24(15-18(2)3)28(39)34-23(16-20-13-14-31-27(20)38)26(37)29(40)33-22-11-12-22/h1,7-10,18,20,22-24H,5-6,11-17H2,2-3H3,(H,31,38)(H,32,36)(H,33,40)(H,34,39)(H,35,41)/t20-,23-,24-/m0/s1. The molecule has 0 unspecified atom stereocenters. The van der Waals surface area contributed by atoms with Crippen molar-refractivity contribution in [1.82, 2.24) is 21.3 Å². The third-order valence-electron chi connectivity index (χ3n) is 6.87. The molecule has 1 saturated carbocycles. The van der Waals surface area contributed by atoms with Gasteiger partial charge in [-0.3, -0.25) is 24.0 Å². The van der Waals surface area contributed by atoms with Gasteiger partial charge in [0.25, 0.3) is 5.91 Å². The first-order chi connectivity index (χ1) is 20.0. The summed E-state index contributed by atoms with van der Waals surface area (Å²) in [6.45, 7) is 4.11. The highest BCUT2D eigenvalue weighted by molar-refractivity contribution is 6.38. The Kier molecular flexibility index (Phi) is 11.9. The smallest absolute Gasteiger partial charge is 0.408 e. The summed E-state index contributed by atoms with van der Waals surface area (Å²) in [5, 5.41) is 13.2. The van der Waals surface area contributed by atoms with Gasteiger partial charge in [0.15, 0.2) is 0 Å². The SMILES string of the molecule is C#CCCC(=O)Nc1ccc(COC(=O)N[C@@H](CC(C)C)C(=O)N[C@@H](C[C@@H]2CCNC2=O)C(=O)C(=O)NC2CC2)cc1. The van der Waals surface area contributed by atoms with Crippen LogP contribution in [0.1, 0.15) is 64.4 Å². The van der Waals surface area contributed by atoms with Gasteiger partial charge in [-0.2, -0.15) is 0 Å². The summed E-state index contributed by atoms with van der Waals surface area (Å²) in [6, 6.07) is 4.39.